The molecule has 6 heteroatoms. The second kappa shape index (κ2) is 5.17. The van der Waals surface area contributed by atoms with Crippen LogP contribution >= 0.6 is 0 Å². The number of rotatable bonds is 2. The molecular weight excluding hydrogens is 300 g/mol. The van der Waals surface area contributed by atoms with Gasteiger partial charge in [0.2, 0.25) is 6.79 Å². The Hall–Kier alpha value is -2.73. The van der Waals surface area contributed by atoms with Crippen LogP contribution in [0.5, 0.6) is 23.0 Å². The van der Waals surface area contributed by atoms with E-state index >= 15 is 0 Å². The lowest BCUT2D eigenvalue weighted by atomic mass is 9.93. The lowest BCUT2D eigenvalue weighted by molar-refractivity contribution is -0.000721. The highest BCUT2D eigenvalue weighted by Crippen LogP contribution is 2.41. The number of phenolic OH excluding ortho intramolecular Hbond substituents is 1. The van der Waals surface area contributed by atoms with E-state index in [0.29, 0.717) is 22.8 Å². The molecule has 23 heavy (non-hydrogen) atoms. The molecule has 0 spiro atoms. The Bertz CT molecular complexity index is 785. The Labute approximate surface area is 132 Å². The van der Waals surface area contributed by atoms with Gasteiger partial charge in [0, 0.05) is 7.11 Å². The van der Waals surface area contributed by atoms with E-state index in [1.807, 2.05) is 6.07 Å². The molecule has 0 amide bonds. The number of benzene rings is 2. The average Bonchev–Trinajstić information content (AvgIpc) is 3.03. The number of methoxy groups -OCH3 is 1. The Morgan fingerprint density at radius 3 is 2.70 bits per heavy atom. The number of phenols is 1. The number of Topliss-reactive ketones (excluding diaryl/α,β-unsaturated/α-hetero) is 1. The van der Waals surface area contributed by atoms with Gasteiger partial charge in [-0.05, 0) is 35.9 Å². The lowest BCUT2D eigenvalue weighted by Crippen LogP contribution is -2.37. The molecule has 2 atom stereocenters. The summed E-state index contributed by atoms with van der Waals surface area (Å²) < 4.78 is 22.0. The van der Waals surface area contributed by atoms with Gasteiger partial charge in [-0.2, -0.15) is 0 Å². The molecule has 0 radical (unpaired) electrons. The highest BCUT2D eigenvalue weighted by atomic mass is 16.7. The smallest absolute Gasteiger partial charge is 0.231 e. The molecule has 1 N–H and O–H groups in total. The molecule has 0 aromatic heterocycles. The molecule has 2 aromatic rings. The van der Waals surface area contributed by atoms with E-state index in [9.17, 15) is 9.90 Å². The van der Waals surface area contributed by atoms with Crippen molar-refractivity contribution in [1.29, 1.82) is 0 Å². The fourth-order valence-corrected chi connectivity index (χ4v) is 2.87. The summed E-state index contributed by atoms with van der Waals surface area (Å²) in [5.41, 5.74) is 1.07. The topological polar surface area (TPSA) is 74.2 Å². The highest BCUT2D eigenvalue weighted by molar-refractivity contribution is 6.03. The van der Waals surface area contributed by atoms with Gasteiger partial charge in [-0.15, -0.1) is 0 Å². The number of hydrogen-bond donors (Lipinski definition) is 1. The molecule has 0 aliphatic carbocycles. The van der Waals surface area contributed by atoms with Crippen molar-refractivity contribution in [3.8, 4) is 23.0 Å². The van der Waals surface area contributed by atoms with Crippen LogP contribution in [0.15, 0.2) is 36.4 Å². The molecule has 2 unspecified atom stereocenters. The number of carbonyl (C=O) groups is 1. The van der Waals surface area contributed by atoms with E-state index in [1.54, 1.807) is 18.2 Å². The summed E-state index contributed by atoms with van der Waals surface area (Å²) in [6.07, 6.45) is -1.40. The lowest BCUT2D eigenvalue weighted by Gasteiger charge is -2.31. The van der Waals surface area contributed by atoms with Crippen molar-refractivity contribution < 1.29 is 28.8 Å². The maximum Gasteiger partial charge on any atom is 0.231 e. The summed E-state index contributed by atoms with van der Waals surface area (Å²) in [4.78, 5) is 12.6. The van der Waals surface area contributed by atoms with Gasteiger partial charge in [0.25, 0.3) is 0 Å². The number of aromatic hydroxyl groups is 1. The minimum atomic E-state index is -0.801. The number of fused-ring (bicyclic) bond motifs is 2. The van der Waals surface area contributed by atoms with Gasteiger partial charge in [0.1, 0.15) is 11.5 Å². The zero-order chi connectivity index (χ0) is 16.0. The Morgan fingerprint density at radius 1 is 1.09 bits per heavy atom. The Morgan fingerprint density at radius 2 is 1.87 bits per heavy atom. The molecule has 2 aliphatic heterocycles. The predicted molar refractivity (Wildman–Crippen MR) is 79.2 cm³/mol. The van der Waals surface area contributed by atoms with E-state index in [-0.39, 0.29) is 18.3 Å². The maximum absolute atomic E-state index is 12.6. The van der Waals surface area contributed by atoms with Gasteiger partial charge < -0.3 is 24.1 Å². The van der Waals surface area contributed by atoms with Crippen LogP contribution < -0.4 is 14.2 Å². The molecule has 0 bridgehead atoms. The van der Waals surface area contributed by atoms with E-state index in [4.69, 9.17) is 18.9 Å². The van der Waals surface area contributed by atoms with Crippen LogP contribution in [-0.4, -0.2) is 30.9 Å². The molecular formula is C17H14O6. The van der Waals surface area contributed by atoms with Gasteiger partial charge >= 0.3 is 0 Å². The quantitative estimate of drug-likeness (QED) is 0.918. The minimum Gasteiger partial charge on any atom is -0.508 e. The van der Waals surface area contributed by atoms with Gasteiger partial charge in [-0.25, -0.2) is 0 Å². The molecule has 2 heterocycles. The average molecular weight is 314 g/mol. The first-order valence-corrected chi connectivity index (χ1v) is 7.13. The van der Waals surface area contributed by atoms with Crippen molar-refractivity contribution in [1.82, 2.24) is 0 Å². The zero-order valence-corrected chi connectivity index (χ0v) is 12.3. The molecule has 2 aromatic carbocycles. The first kappa shape index (κ1) is 13.9. The summed E-state index contributed by atoms with van der Waals surface area (Å²) in [5, 5.41) is 9.57. The van der Waals surface area contributed by atoms with Crippen molar-refractivity contribution >= 4 is 5.78 Å². The van der Waals surface area contributed by atoms with Crippen molar-refractivity contribution in [2.45, 2.75) is 12.2 Å². The van der Waals surface area contributed by atoms with Gasteiger partial charge in [0.05, 0.1) is 5.56 Å². The molecule has 4 rings (SSSR count). The third-order valence-electron chi connectivity index (χ3n) is 4.00. The van der Waals surface area contributed by atoms with Crippen LogP contribution in [0, 0.1) is 0 Å². The zero-order valence-electron chi connectivity index (χ0n) is 12.3. The minimum absolute atomic E-state index is 0.0112. The molecule has 118 valence electrons. The van der Waals surface area contributed by atoms with Crippen LogP contribution in [0.4, 0.5) is 0 Å². The third kappa shape index (κ3) is 2.19. The monoisotopic (exact) mass is 314 g/mol. The molecule has 0 saturated carbocycles. The van der Waals surface area contributed by atoms with E-state index in [1.165, 1.54) is 19.2 Å². The van der Waals surface area contributed by atoms with Gasteiger partial charge in [-0.1, -0.05) is 6.07 Å². The standard InChI is InChI=1S/C17H14O6/c1-20-17-15(19)11-7-10(18)3-5-12(11)23-16(17)9-2-4-13-14(6-9)22-8-21-13/h2-7,16-18H,8H2,1H3. The van der Waals surface area contributed by atoms with Crippen molar-refractivity contribution in [3.63, 3.8) is 0 Å². The summed E-state index contributed by atoms with van der Waals surface area (Å²) in [6, 6.07) is 9.84. The van der Waals surface area contributed by atoms with E-state index in [2.05, 4.69) is 0 Å². The van der Waals surface area contributed by atoms with E-state index in [0.717, 1.165) is 5.56 Å². The summed E-state index contributed by atoms with van der Waals surface area (Å²) >= 11 is 0. The van der Waals surface area contributed by atoms with Crippen LogP contribution in [-0.2, 0) is 4.74 Å². The normalized spacial score (nSPS) is 21.7. The maximum atomic E-state index is 12.6. The third-order valence-corrected chi connectivity index (χ3v) is 4.00. The first-order chi connectivity index (χ1) is 11.2. The fourth-order valence-electron chi connectivity index (χ4n) is 2.87. The largest absolute Gasteiger partial charge is 0.508 e. The summed E-state index contributed by atoms with van der Waals surface area (Å²) in [7, 11) is 1.46. The van der Waals surface area contributed by atoms with Crippen LogP contribution in [0.1, 0.15) is 22.0 Å². The summed E-state index contributed by atoms with van der Waals surface area (Å²) in [5.74, 6) is 1.48. The molecule has 6 nitrogen and oxygen atoms in total. The summed E-state index contributed by atoms with van der Waals surface area (Å²) in [6.45, 7) is 0.180. The van der Waals surface area contributed by atoms with Crippen molar-refractivity contribution in [2.24, 2.45) is 0 Å². The highest BCUT2D eigenvalue weighted by Gasteiger charge is 2.39. The van der Waals surface area contributed by atoms with Crippen LogP contribution in [0.3, 0.4) is 0 Å². The second-order valence-corrected chi connectivity index (χ2v) is 5.35. The van der Waals surface area contributed by atoms with Crippen molar-refractivity contribution in [2.75, 3.05) is 13.9 Å². The van der Waals surface area contributed by atoms with Crippen LogP contribution in [0.25, 0.3) is 0 Å². The molecule has 2 aliphatic rings. The Balaban J connectivity index is 1.76. The van der Waals surface area contributed by atoms with Crippen molar-refractivity contribution in [3.05, 3.63) is 47.5 Å². The SMILES string of the molecule is COC1C(=O)c2cc(O)ccc2OC1c1ccc2c(c1)OCO2. The number of carbonyl (C=O) groups excluding carboxylic acids is 1. The molecule has 0 saturated heterocycles. The van der Waals surface area contributed by atoms with Crippen LogP contribution in [0.2, 0.25) is 0 Å². The fraction of sp³-hybridized carbons (Fsp3) is 0.235. The second-order valence-electron chi connectivity index (χ2n) is 5.35. The van der Waals surface area contributed by atoms with Gasteiger partial charge in [0.15, 0.2) is 29.5 Å². The predicted octanol–water partition coefficient (Wildman–Crippen LogP) is 2.45. The number of ether oxygens (including phenoxy) is 4. The first-order valence-electron chi connectivity index (χ1n) is 7.13. The number of hydrogen-bond acceptors (Lipinski definition) is 6. The van der Waals surface area contributed by atoms with E-state index < -0.39 is 12.2 Å². The number of ketones is 1. The Kier molecular flexibility index (Phi) is 3.12. The van der Waals surface area contributed by atoms with Gasteiger partial charge in [-0.3, -0.25) is 4.79 Å². The molecule has 0 fully saturated rings.